The van der Waals surface area contributed by atoms with Gasteiger partial charge in [-0.25, -0.2) is 8.42 Å². The molecular weight excluding hydrogens is 649 g/mol. The van der Waals surface area contributed by atoms with Gasteiger partial charge in [-0.05, 0) is 58.8 Å². The molecule has 1 aliphatic heterocycles. The summed E-state index contributed by atoms with van der Waals surface area (Å²) in [5.41, 5.74) is 3.05. The van der Waals surface area contributed by atoms with Crippen LogP contribution < -0.4 is 9.47 Å². The summed E-state index contributed by atoms with van der Waals surface area (Å²) < 4.78 is 69.9. The number of hydrogen-bond donors (Lipinski definition) is 1. The zero-order valence-electron chi connectivity index (χ0n) is 24.5. The molecule has 0 bridgehead atoms. The molecule has 1 N–H and O–H groups in total. The van der Waals surface area contributed by atoms with Crippen LogP contribution in [-0.2, 0) is 26.8 Å². The molecule has 0 unspecified atom stereocenters. The molecule has 6 rings (SSSR count). The van der Waals surface area contributed by atoms with Gasteiger partial charge in [0, 0.05) is 29.7 Å². The fourth-order valence-corrected chi connectivity index (χ4v) is 9.19. The van der Waals surface area contributed by atoms with Crippen molar-refractivity contribution in [1.29, 1.82) is 0 Å². The number of aromatic nitrogens is 1. The van der Waals surface area contributed by atoms with Gasteiger partial charge in [0.15, 0.2) is 6.54 Å². The second-order valence-electron chi connectivity index (χ2n) is 10.9. The number of allylic oxidation sites excluding steroid dienone is 2. The van der Waals surface area contributed by atoms with Gasteiger partial charge in [-0.15, -0.1) is 0 Å². The van der Waals surface area contributed by atoms with Gasteiger partial charge < -0.3 is 9.45 Å². The average Bonchev–Trinajstić information content (AvgIpc) is 3.53. The summed E-state index contributed by atoms with van der Waals surface area (Å²) in [6.45, 7) is 2.87. The lowest BCUT2D eigenvalue weighted by atomic mass is 10.1. The fourth-order valence-electron chi connectivity index (χ4n) is 5.74. The van der Waals surface area contributed by atoms with Crippen molar-refractivity contribution in [1.82, 2.24) is 0 Å². The van der Waals surface area contributed by atoms with Crippen LogP contribution in [0.25, 0.3) is 37.8 Å². The zero-order chi connectivity index (χ0) is 31.8. The quantitative estimate of drug-likeness (QED) is 0.118. The summed E-state index contributed by atoms with van der Waals surface area (Å²) in [7, 11) is -8.43. The normalized spacial score (nSPS) is 15.1. The number of nitrogens with zero attached hydrogens (tertiary/aromatic N) is 2. The van der Waals surface area contributed by atoms with Crippen molar-refractivity contribution in [2.75, 3.05) is 23.0 Å². The Morgan fingerprint density at radius 2 is 1.60 bits per heavy atom. The Labute approximate surface area is 271 Å². The van der Waals surface area contributed by atoms with Crippen molar-refractivity contribution >= 4 is 86.9 Å². The summed E-state index contributed by atoms with van der Waals surface area (Å²) in [6, 6.07) is 24.5. The van der Waals surface area contributed by atoms with Crippen LogP contribution in [0, 0.1) is 0 Å². The summed E-state index contributed by atoms with van der Waals surface area (Å²) in [5, 5.41) is 6.28. The molecule has 0 spiro atoms. The first-order valence-corrected chi connectivity index (χ1v) is 19.4. The number of fused-ring (bicyclic) bond motifs is 6. The Morgan fingerprint density at radius 1 is 0.911 bits per heavy atom. The van der Waals surface area contributed by atoms with Gasteiger partial charge in [0.2, 0.25) is 5.52 Å². The van der Waals surface area contributed by atoms with Gasteiger partial charge in [0.1, 0.15) is 4.70 Å². The van der Waals surface area contributed by atoms with Crippen LogP contribution in [-0.4, -0.2) is 44.0 Å². The molecule has 0 amide bonds. The van der Waals surface area contributed by atoms with Crippen LogP contribution in [0.1, 0.15) is 31.2 Å². The fraction of sp³-hybridized carbons (Fsp3) is 0.242. The van der Waals surface area contributed by atoms with Gasteiger partial charge in [0.05, 0.1) is 32.0 Å². The van der Waals surface area contributed by atoms with Gasteiger partial charge in [0.25, 0.3) is 15.1 Å². The third kappa shape index (κ3) is 7.11. The van der Waals surface area contributed by atoms with E-state index in [4.69, 9.17) is 0 Å². The highest BCUT2D eigenvalue weighted by atomic mass is 32.2. The summed E-state index contributed by atoms with van der Waals surface area (Å²) in [4.78, 5) is 3.22. The number of benzene rings is 4. The summed E-state index contributed by atoms with van der Waals surface area (Å²) in [6.07, 6.45) is 5.43. The predicted molar refractivity (Wildman–Crippen MR) is 183 cm³/mol. The number of hydrogen-bond acceptors (Lipinski definition) is 8. The Balaban J connectivity index is 1.44. The number of aryl methyl sites for hydroxylation is 1. The Bertz CT molecular complexity index is 2210. The van der Waals surface area contributed by atoms with Crippen molar-refractivity contribution in [3.63, 3.8) is 0 Å². The number of thiazole rings is 1. The van der Waals surface area contributed by atoms with Crippen LogP contribution in [0.2, 0.25) is 0 Å². The maximum absolute atomic E-state index is 11.5. The highest BCUT2D eigenvalue weighted by Gasteiger charge is 2.28. The van der Waals surface area contributed by atoms with E-state index in [-0.39, 0.29) is 18.6 Å². The minimum atomic E-state index is -4.34. The molecule has 0 atom stereocenters. The van der Waals surface area contributed by atoms with Gasteiger partial charge >= 0.3 is 0 Å². The number of rotatable bonds is 11. The minimum absolute atomic E-state index is 0.203. The van der Waals surface area contributed by atoms with Gasteiger partial charge in [-0.2, -0.15) is 13.0 Å². The molecule has 45 heavy (non-hydrogen) atoms. The third-order valence-electron chi connectivity index (χ3n) is 7.82. The molecule has 234 valence electrons. The first-order valence-electron chi connectivity index (χ1n) is 14.6. The van der Waals surface area contributed by atoms with E-state index in [1.807, 2.05) is 30.3 Å². The van der Waals surface area contributed by atoms with E-state index in [1.54, 1.807) is 23.1 Å². The second-order valence-corrected chi connectivity index (χ2v) is 16.1. The van der Waals surface area contributed by atoms with Crippen LogP contribution >= 0.6 is 23.1 Å². The van der Waals surface area contributed by atoms with E-state index in [2.05, 4.69) is 71.0 Å². The van der Waals surface area contributed by atoms with E-state index < -0.39 is 26.0 Å². The lowest BCUT2D eigenvalue weighted by molar-refractivity contribution is -0.667. The molecule has 1 aliphatic rings. The van der Waals surface area contributed by atoms with Crippen LogP contribution in [0.15, 0.2) is 94.4 Å². The second kappa shape index (κ2) is 12.9. The topological polar surface area (TPSA) is 119 Å². The SMILES string of the molecule is CCC(=C\c1sc2ccc3ccccc3c2[n+]1CCCS(=O)(=O)[O-])/C=C1/Sc2c(ccc3ccccc23)N1CCCS(=O)(=O)O. The zero-order valence-corrected chi connectivity index (χ0v) is 27.8. The van der Waals surface area contributed by atoms with E-state index in [0.717, 1.165) is 58.0 Å². The van der Waals surface area contributed by atoms with Crippen molar-refractivity contribution in [3.8, 4) is 0 Å². The van der Waals surface area contributed by atoms with Crippen molar-refractivity contribution in [2.45, 2.75) is 37.6 Å². The Kier molecular flexibility index (Phi) is 9.06. The number of anilines is 1. The molecule has 0 radical (unpaired) electrons. The molecule has 1 aromatic heterocycles. The third-order valence-corrected chi connectivity index (χ3v) is 11.7. The van der Waals surface area contributed by atoms with Gasteiger partial charge in [-0.3, -0.25) is 4.55 Å². The molecule has 2 heterocycles. The molecule has 0 fully saturated rings. The van der Waals surface area contributed by atoms with Gasteiger partial charge in [-0.1, -0.05) is 84.6 Å². The predicted octanol–water partition coefficient (Wildman–Crippen LogP) is 6.96. The summed E-state index contributed by atoms with van der Waals surface area (Å²) >= 11 is 3.26. The minimum Gasteiger partial charge on any atom is -0.748 e. The molecule has 12 heteroatoms. The summed E-state index contributed by atoms with van der Waals surface area (Å²) in [5.74, 6) is -0.757. The number of thioether (sulfide) groups is 1. The van der Waals surface area contributed by atoms with Crippen molar-refractivity contribution in [2.24, 2.45) is 0 Å². The average molecular weight is 681 g/mol. The smallest absolute Gasteiger partial charge is 0.264 e. The first-order chi connectivity index (χ1) is 21.5. The van der Waals surface area contributed by atoms with E-state index in [0.29, 0.717) is 19.5 Å². The maximum atomic E-state index is 11.5. The van der Waals surface area contributed by atoms with Crippen molar-refractivity contribution in [3.05, 3.63) is 94.5 Å². The van der Waals surface area contributed by atoms with Crippen molar-refractivity contribution < 1.29 is 30.5 Å². The molecule has 5 aromatic rings. The monoisotopic (exact) mass is 680 g/mol. The molecule has 8 nitrogen and oxygen atoms in total. The Hall–Kier alpha value is -3.26. The molecular formula is C33H32N2O6S4. The maximum Gasteiger partial charge on any atom is 0.264 e. The molecule has 4 aromatic carbocycles. The van der Waals surface area contributed by atoms with E-state index in [9.17, 15) is 25.9 Å². The van der Waals surface area contributed by atoms with Crippen LogP contribution in [0.5, 0.6) is 0 Å². The lowest BCUT2D eigenvalue weighted by Crippen LogP contribution is -2.36. The molecule has 0 saturated carbocycles. The first kappa shape index (κ1) is 31.7. The standard InChI is InChI=1S/C33H32N2O6S4/c1-2-23(21-30-34(17-7-19-44(36,37)38)28-15-13-25-10-4-6-12-27(25)33(28)43-30)22-31-35(18-8-20-45(39,40)41)32-26-11-5-3-9-24(26)14-16-29(32)42-31/h3-6,9-16,21-22H,2,7-8,17-20H2,1H3,(H-,36,37,38,39,40,41). The van der Waals surface area contributed by atoms with Crippen LogP contribution in [0.4, 0.5) is 5.69 Å². The molecule has 0 saturated heterocycles. The highest BCUT2D eigenvalue weighted by Crippen LogP contribution is 2.50. The van der Waals surface area contributed by atoms with E-state index >= 15 is 0 Å². The Morgan fingerprint density at radius 3 is 2.31 bits per heavy atom. The highest BCUT2D eigenvalue weighted by molar-refractivity contribution is 8.04. The largest absolute Gasteiger partial charge is 0.748 e. The molecule has 0 aliphatic carbocycles. The lowest BCUT2D eigenvalue weighted by Gasteiger charge is -2.20. The van der Waals surface area contributed by atoms with E-state index in [1.165, 1.54) is 0 Å². The van der Waals surface area contributed by atoms with Crippen LogP contribution in [0.3, 0.4) is 0 Å².